The summed E-state index contributed by atoms with van der Waals surface area (Å²) in [6.45, 7) is 6.19. The molecular weight excluding hydrogens is 265 g/mol. The number of carbonyl (C=O) groups excluding carboxylic acids is 1. The molecule has 0 heterocycles. The Kier molecular flexibility index (Phi) is 4.61. The predicted molar refractivity (Wildman–Crippen MR) is 83.4 cm³/mol. The van der Waals surface area contributed by atoms with E-state index in [4.69, 9.17) is 0 Å². The average Bonchev–Trinajstić information content (AvgIpc) is 2.40. The number of hydrogen-bond donors (Lipinski definition) is 1. The fraction of sp³-hybridized carbons (Fsp3) is 0.389. The van der Waals surface area contributed by atoms with E-state index in [0.29, 0.717) is 12.8 Å². The van der Waals surface area contributed by atoms with Crippen LogP contribution in [0.1, 0.15) is 39.2 Å². The van der Waals surface area contributed by atoms with Crippen LogP contribution in [0, 0.1) is 5.82 Å². The number of allylic oxidation sites excluding steroid dienone is 4. The number of benzene rings is 1. The molecular formula is C18H22FNO. The van der Waals surface area contributed by atoms with E-state index >= 15 is 0 Å². The third kappa shape index (κ3) is 4.55. The maximum absolute atomic E-state index is 13.0. The van der Waals surface area contributed by atoms with E-state index in [2.05, 4.69) is 26.1 Å². The van der Waals surface area contributed by atoms with Crippen molar-refractivity contribution in [3.8, 4) is 0 Å². The lowest BCUT2D eigenvalue weighted by atomic mass is 9.94. The summed E-state index contributed by atoms with van der Waals surface area (Å²) < 4.78 is 13.0. The molecule has 0 atom stereocenters. The highest BCUT2D eigenvalue weighted by Crippen LogP contribution is 2.20. The summed E-state index contributed by atoms with van der Waals surface area (Å²) in [6.07, 6.45) is 5.91. The molecule has 0 unspecified atom stereocenters. The van der Waals surface area contributed by atoms with Gasteiger partial charge < -0.3 is 5.32 Å². The molecule has 2 rings (SSSR count). The van der Waals surface area contributed by atoms with Crippen LogP contribution in [0.5, 0.6) is 0 Å². The largest absolute Gasteiger partial charge is 0.383 e. The summed E-state index contributed by atoms with van der Waals surface area (Å²) in [4.78, 5) is 12.2. The van der Waals surface area contributed by atoms with E-state index in [1.807, 2.05) is 12.2 Å². The van der Waals surface area contributed by atoms with Crippen LogP contribution in [0.3, 0.4) is 0 Å². The van der Waals surface area contributed by atoms with Gasteiger partial charge in [-0.15, -0.1) is 0 Å². The van der Waals surface area contributed by atoms with E-state index in [1.54, 1.807) is 12.1 Å². The zero-order valence-corrected chi connectivity index (χ0v) is 12.9. The van der Waals surface area contributed by atoms with Gasteiger partial charge in [-0.3, -0.25) is 4.79 Å². The molecule has 1 aromatic rings. The molecule has 3 heteroatoms. The summed E-state index contributed by atoms with van der Waals surface area (Å²) in [5, 5.41) is 3.43. The Morgan fingerprint density at radius 1 is 1.24 bits per heavy atom. The predicted octanol–water partition coefficient (Wildman–Crippen LogP) is 3.93. The average molecular weight is 287 g/mol. The first-order valence-electron chi connectivity index (χ1n) is 7.31. The molecule has 1 aromatic carbocycles. The maximum atomic E-state index is 13.0. The summed E-state index contributed by atoms with van der Waals surface area (Å²) in [7, 11) is 0. The lowest BCUT2D eigenvalue weighted by Crippen LogP contribution is -2.37. The van der Waals surface area contributed by atoms with Crippen LogP contribution in [0.4, 0.5) is 4.39 Å². The van der Waals surface area contributed by atoms with E-state index in [0.717, 1.165) is 23.3 Å². The van der Waals surface area contributed by atoms with Crippen molar-refractivity contribution in [3.05, 3.63) is 59.1 Å². The van der Waals surface area contributed by atoms with Gasteiger partial charge in [0.05, 0.1) is 0 Å². The van der Waals surface area contributed by atoms with Crippen molar-refractivity contribution in [1.29, 1.82) is 0 Å². The molecule has 0 radical (unpaired) electrons. The number of halogens is 1. The van der Waals surface area contributed by atoms with Crippen LogP contribution in [0.15, 0.2) is 47.7 Å². The number of nitrogens with one attached hydrogen (secondary N) is 1. The summed E-state index contributed by atoms with van der Waals surface area (Å²) in [5.74, 6) is -0.0725. The molecule has 0 bridgehead atoms. The number of ketones is 1. The first kappa shape index (κ1) is 15.5. The molecule has 112 valence electrons. The molecule has 2 nitrogen and oxygen atoms in total. The maximum Gasteiger partial charge on any atom is 0.164 e. The highest BCUT2D eigenvalue weighted by atomic mass is 19.1. The molecule has 0 saturated carbocycles. The fourth-order valence-corrected chi connectivity index (χ4v) is 2.38. The first-order valence-corrected chi connectivity index (χ1v) is 7.31. The van der Waals surface area contributed by atoms with Gasteiger partial charge >= 0.3 is 0 Å². The van der Waals surface area contributed by atoms with Crippen LogP contribution in [0.2, 0.25) is 0 Å². The van der Waals surface area contributed by atoms with Crippen molar-refractivity contribution in [1.82, 2.24) is 5.32 Å². The zero-order valence-electron chi connectivity index (χ0n) is 12.9. The van der Waals surface area contributed by atoms with Gasteiger partial charge in [-0.25, -0.2) is 4.39 Å². The Morgan fingerprint density at radius 3 is 2.48 bits per heavy atom. The molecule has 1 N–H and O–H groups in total. The van der Waals surface area contributed by atoms with Crippen LogP contribution in [-0.2, 0) is 11.2 Å². The Balaban J connectivity index is 2.34. The summed E-state index contributed by atoms with van der Waals surface area (Å²) in [5.41, 5.74) is 2.52. The minimum atomic E-state index is -0.245. The molecule has 0 amide bonds. The third-order valence-corrected chi connectivity index (χ3v) is 3.27. The lowest BCUT2D eigenvalue weighted by Gasteiger charge is -2.27. The minimum absolute atomic E-state index is 0.131. The van der Waals surface area contributed by atoms with Gasteiger partial charge in [0.25, 0.3) is 0 Å². The molecule has 0 spiro atoms. The van der Waals surface area contributed by atoms with Gasteiger partial charge in [-0.1, -0.05) is 24.3 Å². The molecule has 21 heavy (non-hydrogen) atoms. The highest BCUT2D eigenvalue weighted by molar-refractivity contribution is 5.99. The molecule has 0 saturated heterocycles. The van der Waals surface area contributed by atoms with Crippen LogP contribution >= 0.6 is 0 Å². The smallest absolute Gasteiger partial charge is 0.164 e. The van der Waals surface area contributed by atoms with Gasteiger partial charge in [-0.2, -0.15) is 0 Å². The fourth-order valence-electron chi connectivity index (χ4n) is 2.38. The second-order valence-electron chi connectivity index (χ2n) is 6.43. The Labute approximate surface area is 125 Å². The Bertz CT molecular complexity index is 576. The lowest BCUT2D eigenvalue weighted by molar-refractivity contribution is -0.115. The number of Topliss-reactive ketones (excluding diaryl/α,β-unsaturated/α-hetero) is 1. The molecule has 1 aliphatic rings. The molecule has 1 aliphatic carbocycles. The van der Waals surface area contributed by atoms with Crippen molar-refractivity contribution in [2.24, 2.45) is 0 Å². The number of carbonyl (C=O) groups is 1. The molecule has 0 aromatic heterocycles. The molecule has 0 aliphatic heterocycles. The van der Waals surface area contributed by atoms with Gasteiger partial charge in [0, 0.05) is 29.7 Å². The monoisotopic (exact) mass is 287 g/mol. The van der Waals surface area contributed by atoms with Gasteiger partial charge in [0.1, 0.15) is 5.82 Å². The van der Waals surface area contributed by atoms with E-state index < -0.39 is 0 Å². The first-order chi connectivity index (χ1) is 9.85. The van der Waals surface area contributed by atoms with Crippen molar-refractivity contribution in [2.75, 3.05) is 0 Å². The van der Waals surface area contributed by atoms with Gasteiger partial charge in [0.15, 0.2) is 5.78 Å². The number of rotatable bonds is 3. The standard InChI is InChI=1S/C18H22FNO/c1-18(2,3)20-16(15-6-4-5-7-17(15)21)12-13-8-10-14(19)11-9-13/h4,6,8-11,20H,5,7,12H2,1-3H3/b16-15-. The van der Waals surface area contributed by atoms with Crippen molar-refractivity contribution in [3.63, 3.8) is 0 Å². The van der Waals surface area contributed by atoms with Crippen LogP contribution in [0.25, 0.3) is 0 Å². The third-order valence-electron chi connectivity index (χ3n) is 3.27. The van der Waals surface area contributed by atoms with Crippen molar-refractivity contribution in [2.45, 2.75) is 45.6 Å². The zero-order chi connectivity index (χ0) is 15.5. The topological polar surface area (TPSA) is 29.1 Å². The van der Waals surface area contributed by atoms with E-state index in [1.165, 1.54) is 12.1 Å². The summed E-state index contributed by atoms with van der Waals surface area (Å²) >= 11 is 0. The Morgan fingerprint density at radius 2 is 1.90 bits per heavy atom. The SMILES string of the molecule is CC(C)(C)N/C(Cc1ccc(F)cc1)=C1/C=CCCC1=O. The second-order valence-corrected chi connectivity index (χ2v) is 6.43. The van der Waals surface area contributed by atoms with E-state index in [9.17, 15) is 9.18 Å². The van der Waals surface area contributed by atoms with Crippen LogP contribution in [-0.4, -0.2) is 11.3 Å². The van der Waals surface area contributed by atoms with Crippen molar-refractivity contribution < 1.29 is 9.18 Å². The number of hydrogen-bond acceptors (Lipinski definition) is 2. The Hall–Kier alpha value is -1.90. The normalized spacial score (nSPS) is 17.8. The summed E-state index contributed by atoms with van der Waals surface area (Å²) in [6, 6.07) is 6.43. The highest BCUT2D eigenvalue weighted by Gasteiger charge is 2.19. The van der Waals surface area contributed by atoms with Crippen molar-refractivity contribution >= 4 is 5.78 Å². The quantitative estimate of drug-likeness (QED) is 0.853. The van der Waals surface area contributed by atoms with Crippen LogP contribution < -0.4 is 5.32 Å². The van der Waals surface area contributed by atoms with E-state index in [-0.39, 0.29) is 17.1 Å². The molecule has 0 fully saturated rings. The van der Waals surface area contributed by atoms with Gasteiger partial charge in [0.2, 0.25) is 0 Å². The second kappa shape index (κ2) is 6.25. The van der Waals surface area contributed by atoms with Gasteiger partial charge in [-0.05, 0) is 44.9 Å². The minimum Gasteiger partial charge on any atom is -0.383 e.